The number of rotatable bonds is 4. The Morgan fingerprint density at radius 2 is 1.97 bits per heavy atom. The minimum Gasteiger partial charge on any atom is -0.384 e. The molecular formula is C24H17ClF3N5O. The third kappa shape index (κ3) is 3.22. The zero-order chi connectivity index (χ0) is 23.7. The quantitative estimate of drug-likeness (QED) is 0.384. The lowest BCUT2D eigenvalue weighted by Crippen LogP contribution is -2.26. The maximum absolute atomic E-state index is 14.3. The van der Waals surface area contributed by atoms with Crippen molar-refractivity contribution in [1.29, 1.82) is 0 Å². The highest BCUT2D eigenvalue weighted by Crippen LogP contribution is 2.60. The summed E-state index contributed by atoms with van der Waals surface area (Å²) in [4.78, 5) is 24.4. The summed E-state index contributed by atoms with van der Waals surface area (Å²) >= 11 is 6.06. The molecule has 6 nitrogen and oxygen atoms in total. The molecule has 6 rings (SSSR count). The average molecular weight is 484 g/mol. The van der Waals surface area contributed by atoms with Crippen LogP contribution in [-0.2, 0) is 0 Å². The Kier molecular flexibility index (Phi) is 4.60. The van der Waals surface area contributed by atoms with Crippen molar-refractivity contribution in [1.82, 2.24) is 19.5 Å². The third-order valence-electron chi connectivity index (χ3n) is 6.60. The first-order chi connectivity index (χ1) is 16.3. The lowest BCUT2D eigenvalue weighted by molar-refractivity contribution is 0.152. The molecule has 1 aliphatic carbocycles. The van der Waals surface area contributed by atoms with Crippen molar-refractivity contribution in [3.05, 3.63) is 87.1 Å². The van der Waals surface area contributed by atoms with Gasteiger partial charge in [0.2, 0.25) is 5.95 Å². The first kappa shape index (κ1) is 21.0. The maximum Gasteiger partial charge on any atom is 0.264 e. The molecule has 0 saturated heterocycles. The van der Waals surface area contributed by atoms with E-state index in [9.17, 15) is 18.0 Å². The molecule has 0 amide bonds. The molecule has 3 aromatic heterocycles. The zero-order valence-corrected chi connectivity index (χ0v) is 18.2. The van der Waals surface area contributed by atoms with E-state index in [0.717, 1.165) is 12.1 Å². The van der Waals surface area contributed by atoms with Gasteiger partial charge in [0, 0.05) is 28.3 Å². The van der Waals surface area contributed by atoms with Gasteiger partial charge < -0.3 is 15.3 Å². The SMILES string of the molecule is Nc1ccc(-c2cnc([C@@H]3[C@H]4C[C@H]4c4cc(-c5cc(Cl)ccc5C(F)F)cc(=O)n43)[nH]2)c(F)n1. The summed E-state index contributed by atoms with van der Waals surface area (Å²) in [6.07, 6.45) is -0.352. The van der Waals surface area contributed by atoms with Crippen LogP contribution in [0.2, 0.25) is 5.02 Å². The van der Waals surface area contributed by atoms with Crippen LogP contribution in [0.1, 0.15) is 41.9 Å². The fourth-order valence-corrected chi connectivity index (χ4v) is 5.17. The number of imidazole rings is 1. The first-order valence-electron chi connectivity index (χ1n) is 10.6. The van der Waals surface area contributed by atoms with Crippen LogP contribution >= 0.6 is 11.6 Å². The summed E-state index contributed by atoms with van der Waals surface area (Å²) in [6, 6.07) is 9.95. The summed E-state index contributed by atoms with van der Waals surface area (Å²) in [5, 5.41) is 0.315. The summed E-state index contributed by atoms with van der Waals surface area (Å²) in [7, 11) is 0. The van der Waals surface area contributed by atoms with Crippen LogP contribution in [0, 0.1) is 11.9 Å². The number of pyridine rings is 2. The molecule has 3 N–H and O–H groups in total. The Bertz CT molecular complexity index is 1510. The highest BCUT2D eigenvalue weighted by Gasteiger charge is 2.54. The molecule has 34 heavy (non-hydrogen) atoms. The third-order valence-corrected chi connectivity index (χ3v) is 6.83. The molecule has 1 aromatic carbocycles. The van der Waals surface area contributed by atoms with E-state index in [-0.39, 0.29) is 45.9 Å². The normalized spacial score (nSPS) is 20.4. The standard InChI is InChI=1S/C24H17ClF3N5O/c25-11-1-2-12(22(26)27)14(7-11)10-5-18-15-8-16(15)21(33(18)20(34)6-10)24-30-9-17(31-24)13-3-4-19(29)32-23(13)28/h1-7,9,15-16,21-22H,8H2,(H2,29,32)(H,30,31)/t15-,16+,21+/m1/s1. The van der Waals surface area contributed by atoms with E-state index >= 15 is 0 Å². The Labute approximate surface area is 196 Å². The van der Waals surface area contributed by atoms with E-state index in [1.807, 2.05) is 0 Å². The van der Waals surface area contributed by atoms with Crippen molar-refractivity contribution in [2.45, 2.75) is 24.8 Å². The molecule has 0 bridgehead atoms. The van der Waals surface area contributed by atoms with Crippen LogP contribution in [0.15, 0.2) is 53.5 Å². The lowest BCUT2D eigenvalue weighted by Gasteiger charge is -2.18. The number of nitrogens with one attached hydrogen (secondary N) is 1. The zero-order valence-electron chi connectivity index (χ0n) is 17.5. The molecule has 0 spiro atoms. The number of nitrogens with zero attached hydrogens (tertiary/aromatic N) is 3. The van der Waals surface area contributed by atoms with Crippen LogP contribution in [0.3, 0.4) is 0 Å². The molecule has 3 atom stereocenters. The number of aromatic amines is 1. The predicted octanol–water partition coefficient (Wildman–Crippen LogP) is 5.32. The summed E-state index contributed by atoms with van der Waals surface area (Å²) in [5.74, 6) is 0.150. The largest absolute Gasteiger partial charge is 0.384 e. The van der Waals surface area contributed by atoms with Crippen molar-refractivity contribution in [2.24, 2.45) is 5.92 Å². The van der Waals surface area contributed by atoms with Crippen LogP contribution in [-0.4, -0.2) is 19.5 Å². The van der Waals surface area contributed by atoms with Crippen molar-refractivity contribution >= 4 is 17.4 Å². The van der Waals surface area contributed by atoms with Crippen molar-refractivity contribution in [3.8, 4) is 22.4 Å². The van der Waals surface area contributed by atoms with E-state index < -0.39 is 12.4 Å². The molecule has 4 heterocycles. The number of fused-ring (bicyclic) bond motifs is 3. The fourth-order valence-electron chi connectivity index (χ4n) is 5.00. The topological polar surface area (TPSA) is 89.6 Å². The number of aromatic nitrogens is 4. The van der Waals surface area contributed by atoms with Gasteiger partial charge in [-0.15, -0.1) is 0 Å². The molecule has 1 aliphatic heterocycles. The molecule has 1 saturated carbocycles. The molecule has 2 aliphatic rings. The average Bonchev–Trinajstić information content (AvgIpc) is 3.29. The second kappa shape index (κ2) is 7.46. The number of nitrogen functional groups attached to an aromatic ring is 1. The van der Waals surface area contributed by atoms with E-state index in [4.69, 9.17) is 17.3 Å². The van der Waals surface area contributed by atoms with E-state index in [1.165, 1.54) is 42.6 Å². The van der Waals surface area contributed by atoms with Gasteiger partial charge >= 0.3 is 0 Å². The minimum absolute atomic E-state index is 0.0728. The Hall–Kier alpha value is -3.59. The number of benzene rings is 1. The van der Waals surface area contributed by atoms with Gasteiger partial charge in [0.15, 0.2) is 0 Å². The van der Waals surface area contributed by atoms with Crippen molar-refractivity contribution in [2.75, 3.05) is 5.73 Å². The number of alkyl halides is 2. The lowest BCUT2D eigenvalue weighted by atomic mass is 9.99. The van der Waals surface area contributed by atoms with Crippen molar-refractivity contribution < 1.29 is 13.2 Å². The van der Waals surface area contributed by atoms with Crippen molar-refractivity contribution in [3.63, 3.8) is 0 Å². The monoisotopic (exact) mass is 483 g/mol. The van der Waals surface area contributed by atoms with Gasteiger partial charge in [0.05, 0.1) is 23.5 Å². The fraction of sp³-hybridized carbons (Fsp3) is 0.208. The summed E-state index contributed by atoms with van der Waals surface area (Å²) in [5.41, 5.74) is 7.12. The van der Waals surface area contributed by atoms with Crippen LogP contribution < -0.4 is 11.3 Å². The first-order valence-corrected chi connectivity index (χ1v) is 11.0. The number of anilines is 1. The molecule has 0 unspecified atom stereocenters. The van der Waals surface area contributed by atoms with Gasteiger partial charge in [-0.1, -0.05) is 17.7 Å². The van der Waals surface area contributed by atoms with E-state index in [1.54, 1.807) is 10.6 Å². The molecular weight excluding hydrogens is 467 g/mol. The molecule has 10 heteroatoms. The molecule has 172 valence electrons. The maximum atomic E-state index is 14.3. The number of nitrogens with two attached hydrogens (primary N) is 1. The van der Waals surface area contributed by atoms with Crippen LogP contribution in [0.4, 0.5) is 19.0 Å². The van der Waals surface area contributed by atoms with E-state index in [0.29, 0.717) is 22.1 Å². The highest BCUT2D eigenvalue weighted by atomic mass is 35.5. The molecule has 4 aromatic rings. The second-order valence-corrected chi connectivity index (χ2v) is 9.05. The molecule has 0 radical (unpaired) electrons. The van der Waals surface area contributed by atoms with Gasteiger partial charge in [-0.05, 0) is 53.8 Å². The predicted molar refractivity (Wildman–Crippen MR) is 121 cm³/mol. The second-order valence-electron chi connectivity index (χ2n) is 8.62. The highest BCUT2D eigenvalue weighted by molar-refractivity contribution is 6.30. The number of hydrogen-bond acceptors (Lipinski definition) is 4. The van der Waals surface area contributed by atoms with E-state index in [2.05, 4.69) is 15.0 Å². The Morgan fingerprint density at radius 1 is 1.15 bits per heavy atom. The van der Waals surface area contributed by atoms with Gasteiger partial charge in [-0.3, -0.25) is 4.79 Å². The summed E-state index contributed by atoms with van der Waals surface area (Å²) < 4.78 is 43.1. The number of halogens is 4. The Morgan fingerprint density at radius 3 is 2.74 bits per heavy atom. The number of hydrogen-bond donors (Lipinski definition) is 2. The Balaban J connectivity index is 1.42. The van der Waals surface area contributed by atoms with Crippen LogP contribution in [0.5, 0.6) is 0 Å². The van der Waals surface area contributed by atoms with Gasteiger partial charge in [-0.25, -0.2) is 18.7 Å². The number of H-pyrrole nitrogens is 1. The van der Waals surface area contributed by atoms with Gasteiger partial charge in [0.25, 0.3) is 12.0 Å². The van der Waals surface area contributed by atoms with Crippen LogP contribution in [0.25, 0.3) is 22.4 Å². The van der Waals surface area contributed by atoms with Gasteiger partial charge in [0.1, 0.15) is 11.6 Å². The minimum atomic E-state index is -2.70. The summed E-state index contributed by atoms with van der Waals surface area (Å²) in [6.45, 7) is 0. The molecule has 1 fully saturated rings. The smallest absolute Gasteiger partial charge is 0.264 e. The van der Waals surface area contributed by atoms with Gasteiger partial charge in [-0.2, -0.15) is 4.39 Å².